The molecule has 1 aliphatic carbocycles. The first-order valence-corrected chi connectivity index (χ1v) is 7.81. The van der Waals surface area contributed by atoms with Crippen molar-refractivity contribution in [2.75, 3.05) is 6.54 Å². The maximum atomic E-state index is 5.91. The van der Waals surface area contributed by atoms with E-state index in [0.29, 0.717) is 12.6 Å². The van der Waals surface area contributed by atoms with Crippen LogP contribution in [0.3, 0.4) is 0 Å². The van der Waals surface area contributed by atoms with Gasteiger partial charge in [0.25, 0.3) is 0 Å². The Bertz CT molecular complexity index is 537. The van der Waals surface area contributed by atoms with E-state index >= 15 is 0 Å². The molecule has 0 saturated heterocycles. The third-order valence-electron chi connectivity index (χ3n) is 3.67. The van der Waals surface area contributed by atoms with E-state index in [9.17, 15) is 0 Å². The minimum Gasteiger partial charge on any atom is -0.329 e. The van der Waals surface area contributed by atoms with E-state index in [4.69, 9.17) is 5.73 Å². The Morgan fingerprint density at radius 2 is 2.05 bits per heavy atom. The maximum absolute atomic E-state index is 5.91. The second-order valence-electron chi connectivity index (χ2n) is 4.97. The van der Waals surface area contributed by atoms with Crippen molar-refractivity contribution in [1.29, 1.82) is 0 Å². The minimum absolute atomic E-state index is 0.157. The molecule has 0 spiro atoms. The van der Waals surface area contributed by atoms with Crippen molar-refractivity contribution in [3.63, 3.8) is 0 Å². The second-order valence-corrected chi connectivity index (χ2v) is 6.14. The van der Waals surface area contributed by atoms with Gasteiger partial charge in [0.2, 0.25) is 5.16 Å². The van der Waals surface area contributed by atoms with E-state index in [1.54, 1.807) is 24.2 Å². The summed E-state index contributed by atoms with van der Waals surface area (Å²) in [5.74, 6) is 0. The standard InChI is InChI=1S/C13H18N6S/c14-9-12(10-5-7-15-8-6-10)20-13-16-17-18-19(13)11-3-1-2-4-11/h5-8,11-12H,1-4,9,14H2. The zero-order valence-corrected chi connectivity index (χ0v) is 12.0. The summed E-state index contributed by atoms with van der Waals surface area (Å²) in [6, 6.07) is 4.44. The number of rotatable bonds is 5. The van der Waals surface area contributed by atoms with Crippen molar-refractivity contribution in [3.8, 4) is 0 Å². The zero-order valence-electron chi connectivity index (χ0n) is 11.2. The molecule has 0 amide bonds. The largest absolute Gasteiger partial charge is 0.329 e. The summed E-state index contributed by atoms with van der Waals surface area (Å²) in [6.45, 7) is 0.548. The van der Waals surface area contributed by atoms with Crippen LogP contribution >= 0.6 is 11.8 Å². The third kappa shape index (κ3) is 2.83. The molecule has 1 saturated carbocycles. The van der Waals surface area contributed by atoms with Gasteiger partial charge in [-0.15, -0.1) is 5.10 Å². The molecule has 20 heavy (non-hydrogen) atoms. The van der Waals surface area contributed by atoms with Crippen LogP contribution < -0.4 is 5.73 Å². The lowest BCUT2D eigenvalue weighted by Crippen LogP contribution is -2.13. The van der Waals surface area contributed by atoms with Crippen LogP contribution in [-0.4, -0.2) is 31.7 Å². The lowest BCUT2D eigenvalue weighted by atomic mass is 10.2. The van der Waals surface area contributed by atoms with E-state index in [0.717, 1.165) is 10.7 Å². The van der Waals surface area contributed by atoms with E-state index in [-0.39, 0.29) is 5.25 Å². The topological polar surface area (TPSA) is 82.5 Å². The first-order chi connectivity index (χ1) is 9.88. The number of hydrogen-bond donors (Lipinski definition) is 1. The highest BCUT2D eigenvalue weighted by Gasteiger charge is 2.23. The molecule has 3 rings (SSSR count). The van der Waals surface area contributed by atoms with Crippen molar-refractivity contribution in [2.45, 2.75) is 42.1 Å². The van der Waals surface area contributed by atoms with Gasteiger partial charge in [-0.3, -0.25) is 4.98 Å². The highest BCUT2D eigenvalue weighted by molar-refractivity contribution is 7.99. The van der Waals surface area contributed by atoms with E-state index in [2.05, 4.69) is 20.5 Å². The Hall–Kier alpha value is -1.47. The lowest BCUT2D eigenvalue weighted by Gasteiger charge is -2.16. The van der Waals surface area contributed by atoms with Gasteiger partial charge in [0.05, 0.1) is 6.04 Å². The van der Waals surface area contributed by atoms with Gasteiger partial charge >= 0.3 is 0 Å². The molecule has 106 valence electrons. The molecule has 2 aromatic rings. The van der Waals surface area contributed by atoms with Gasteiger partial charge in [0, 0.05) is 24.2 Å². The zero-order chi connectivity index (χ0) is 13.8. The number of thioether (sulfide) groups is 1. The molecule has 0 aromatic carbocycles. The van der Waals surface area contributed by atoms with Gasteiger partial charge in [-0.2, -0.15) is 0 Å². The van der Waals surface area contributed by atoms with E-state index in [1.807, 2.05) is 16.8 Å². The first kappa shape index (κ1) is 13.5. The van der Waals surface area contributed by atoms with Gasteiger partial charge in [-0.1, -0.05) is 24.6 Å². The molecular weight excluding hydrogens is 272 g/mol. The molecule has 6 nitrogen and oxygen atoms in total. The van der Waals surface area contributed by atoms with Crippen LogP contribution in [0.2, 0.25) is 0 Å². The Kier molecular flexibility index (Phi) is 4.27. The Morgan fingerprint density at radius 3 is 2.75 bits per heavy atom. The average molecular weight is 290 g/mol. The minimum atomic E-state index is 0.157. The molecule has 0 bridgehead atoms. The van der Waals surface area contributed by atoms with Gasteiger partial charge < -0.3 is 5.73 Å². The van der Waals surface area contributed by atoms with Crippen molar-refractivity contribution in [3.05, 3.63) is 30.1 Å². The molecule has 2 aromatic heterocycles. The molecule has 2 heterocycles. The van der Waals surface area contributed by atoms with Crippen molar-refractivity contribution in [2.24, 2.45) is 5.73 Å². The molecular formula is C13H18N6S. The SMILES string of the molecule is NCC(Sc1nnnn1C1CCCC1)c1ccncc1. The van der Waals surface area contributed by atoms with Gasteiger partial charge in [-0.25, -0.2) is 4.68 Å². The molecule has 1 fully saturated rings. The number of nitrogens with two attached hydrogens (primary N) is 1. The van der Waals surface area contributed by atoms with Gasteiger partial charge in [-0.05, 0) is 41.0 Å². The van der Waals surface area contributed by atoms with E-state index < -0.39 is 0 Å². The number of pyridine rings is 1. The fourth-order valence-corrected chi connectivity index (χ4v) is 3.62. The molecule has 2 N–H and O–H groups in total. The quantitative estimate of drug-likeness (QED) is 0.848. The molecule has 1 aliphatic rings. The summed E-state index contributed by atoms with van der Waals surface area (Å²) in [4.78, 5) is 4.04. The summed E-state index contributed by atoms with van der Waals surface area (Å²) in [5, 5.41) is 13.2. The van der Waals surface area contributed by atoms with Crippen LogP contribution in [0, 0.1) is 0 Å². The Labute approximate surface area is 122 Å². The normalized spacial score (nSPS) is 17.4. The van der Waals surface area contributed by atoms with Crippen LogP contribution in [-0.2, 0) is 0 Å². The smallest absolute Gasteiger partial charge is 0.210 e. The maximum Gasteiger partial charge on any atom is 0.210 e. The monoisotopic (exact) mass is 290 g/mol. The second kappa shape index (κ2) is 6.32. The van der Waals surface area contributed by atoms with E-state index in [1.165, 1.54) is 25.7 Å². The molecule has 1 atom stereocenters. The van der Waals surface area contributed by atoms with Crippen molar-refractivity contribution in [1.82, 2.24) is 25.2 Å². The fourth-order valence-electron chi connectivity index (χ4n) is 2.60. The van der Waals surface area contributed by atoms with Crippen LogP contribution in [0.4, 0.5) is 0 Å². The highest BCUT2D eigenvalue weighted by Crippen LogP contribution is 2.36. The summed E-state index contributed by atoms with van der Waals surface area (Å²) in [5.41, 5.74) is 7.07. The summed E-state index contributed by atoms with van der Waals surface area (Å²) in [7, 11) is 0. The predicted octanol–water partition coefficient (Wildman–Crippen LogP) is 1.98. The fraction of sp³-hybridized carbons (Fsp3) is 0.538. The Balaban J connectivity index is 1.78. The summed E-state index contributed by atoms with van der Waals surface area (Å²) < 4.78 is 1.97. The number of nitrogens with zero attached hydrogens (tertiary/aromatic N) is 5. The van der Waals surface area contributed by atoms with Crippen molar-refractivity contribution < 1.29 is 0 Å². The average Bonchev–Trinajstić information content (AvgIpc) is 3.16. The molecule has 0 radical (unpaired) electrons. The summed E-state index contributed by atoms with van der Waals surface area (Å²) >= 11 is 1.64. The third-order valence-corrected chi connectivity index (χ3v) is 4.90. The number of tetrazole rings is 1. The van der Waals surface area contributed by atoms with Crippen molar-refractivity contribution >= 4 is 11.8 Å². The highest BCUT2D eigenvalue weighted by atomic mass is 32.2. The Morgan fingerprint density at radius 1 is 1.30 bits per heavy atom. The van der Waals surface area contributed by atoms with Gasteiger partial charge in [0.1, 0.15) is 0 Å². The molecule has 1 unspecified atom stereocenters. The lowest BCUT2D eigenvalue weighted by molar-refractivity contribution is 0.422. The molecule has 0 aliphatic heterocycles. The predicted molar refractivity (Wildman–Crippen MR) is 77.2 cm³/mol. The van der Waals surface area contributed by atoms with Crippen LogP contribution in [0.5, 0.6) is 0 Å². The van der Waals surface area contributed by atoms with Crippen LogP contribution in [0.1, 0.15) is 42.5 Å². The van der Waals surface area contributed by atoms with Gasteiger partial charge in [0.15, 0.2) is 0 Å². The first-order valence-electron chi connectivity index (χ1n) is 6.93. The number of aromatic nitrogens is 5. The van der Waals surface area contributed by atoms with Crippen LogP contribution in [0.15, 0.2) is 29.7 Å². The molecule has 7 heteroatoms. The summed E-state index contributed by atoms with van der Waals surface area (Å²) in [6.07, 6.45) is 8.44. The number of hydrogen-bond acceptors (Lipinski definition) is 6. The van der Waals surface area contributed by atoms with Crippen LogP contribution in [0.25, 0.3) is 0 Å².